The fourth-order valence-electron chi connectivity index (χ4n) is 10.6. The van der Waals surface area contributed by atoms with Gasteiger partial charge in [0.2, 0.25) is 5.95 Å². The Balaban J connectivity index is 1.10. The number of thiophene rings is 1. The number of para-hydroxylation sites is 3. The Labute approximate surface area is 371 Å². The first-order valence-electron chi connectivity index (χ1n) is 21.6. The van der Waals surface area contributed by atoms with Crippen LogP contribution in [0.2, 0.25) is 0 Å². The van der Waals surface area contributed by atoms with Gasteiger partial charge in [-0.3, -0.25) is 4.57 Å². The van der Waals surface area contributed by atoms with E-state index in [1.54, 1.807) is 0 Å². The molecule has 13 aromatic rings. The van der Waals surface area contributed by atoms with Crippen LogP contribution in [-0.2, 0) is 5.41 Å². The van der Waals surface area contributed by atoms with Crippen LogP contribution in [-0.4, -0.2) is 19.5 Å². The molecular formula is C58H34N4OS. The van der Waals surface area contributed by atoms with Crippen LogP contribution in [0.25, 0.3) is 104 Å². The minimum atomic E-state index is -0.964. The predicted octanol–water partition coefficient (Wildman–Crippen LogP) is 14.9. The highest BCUT2D eigenvalue weighted by molar-refractivity contribution is 7.25. The summed E-state index contributed by atoms with van der Waals surface area (Å²) in [7, 11) is 0. The smallest absolute Gasteiger partial charge is 0.238 e. The maximum atomic E-state index is 6.62. The lowest BCUT2D eigenvalue weighted by Crippen LogP contribution is -2.32. The number of furan rings is 1. The van der Waals surface area contributed by atoms with E-state index < -0.39 is 5.41 Å². The second kappa shape index (κ2) is 13.4. The van der Waals surface area contributed by atoms with Crippen molar-refractivity contribution in [3.63, 3.8) is 0 Å². The zero-order chi connectivity index (χ0) is 41.9. The molecule has 1 aliphatic rings. The molecule has 0 saturated heterocycles. The average molecular weight is 835 g/mol. The summed E-state index contributed by atoms with van der Waals surface area (Å²) in [6.45, 7) is 0. The first-order chi connectivity index (χ1) is 31.7. The molecule has 14 rings (SSSR count). The van der Waals surface area contributed by atoms with E-state index in [1.807, 2.05) is 17.4 Å². The number of benzene rings is 9. The lowest BCUT2D eigenvalue weighted by Gasteiger charge is -2.32. The Kier molecular flexibility index (Phi) is 7.42. The van der Waals surface area contributed by atoms with Crippen LogP contribution >= 0.6 is 11.3 Å². The Morgan fingerprint density at radius 3 is 1.77 bits per heavy atom. The van der Waals surface area contributed by atoms with Gasteiger partial charge in [-0.25, -0.2) is 4.98 Å². The maximum absolute atomic E-state index is 6.62. The minimum absolute atomic E-state index is 0.556. The molecule has 0 amide bonds. The van der Waals surface area contributed by atoms with Crippen molar-refractivity contribution in [3.05, 3.63) is 229 Å². The number of nitrogens with zero attached hydrogens (tertiary/aromatic N) is 4. The third kappa shape index (κ3) is 4.91. The number of hydrogen-bond donors (Lipinski definition) is 0. The first kappa shape index (κ1) is 35.4. The van der Waals surface area contributed by atoms with Crippen LogP contribution in [0.3, 0.4) is 0 Å². The molecule has 6 heteroatoms. The van der Waals surface area contributed by atoms with Gasteiger partial charge in [-0.2, -0.15) is 9.97 Å². The normalized spacial score (nSPS) is 13.1. The summed E-state index contributed by atoms with van der Waals surface area (Å²) >= 11 is 1.84. The number of fused-ring (bicyclic) bond motifs is 12. The van der Waals surface area contributed by atoms with E-state index in [9.17, 15) is 0 Å². The molecule has 0 spiro atoms. The topological polar surface area (TPSA) is 56.7 Å². The van der Waals surface area contributed by atoms with E-state index in [4.69, 9.17) is 19.4 Å². The second-order valence-corrected chi connectivity index (χ2v) is 17.7. The van der Waals surface area contributed by atoms with Gasteiger partial charge in [0.15, 0.2) is 11.6 Å². The van der Waals surface area contributed by atoms with Crippen molar-refractivity contribution in [1.29, 1.82) is 0 Å². The molecule has 4 heterocycles. The first-order valence-corrected chi connectivity index (χ1v) is 22.4. The average Bonchev–Trinajstić information content (AvgIpc) is 4.11. The fraction of sp³-hybridized carbons (Fsp3) is 0.0172. The maximum Gasteiger partial charge on any atom is 0.238 e. The summed E-state index contributed by atoms with van der Waals surface area (Å²) in [5, 5.41) is 6.95. The molecule has 0 unspecified atom stereocenters. The van der Waals surface area contributed by atoms with E-state index >= 15 is 0 Å². The SMILES string of the molecule is c1cc(-c2ccc3c(c2)sc2ccccc23)cc(-c2nc(-n3c4ccccc4c4ccccc43)nc(C3(c4cccc5oc6ccccc6c45)c4ccccc4-c4ccccc43)n2)c1. The Morgan fingerprint density at radius 1 is 0.406 bits per heavy atom. The molecule has 0 N–H and O–H groups in total. The van der Waals surface area contributed by atoms with Gasteiger partial charge >= 0.3 is 0 Å². The van der Waals surface area contributed by atoms with Crippen molar-refractivity contribution in [2.45, 2.75) is 5.41 Å². The second-order valence-electron chi connectivity index (χ2n) is 16.7. The largest absolute Gasteiger partial charge is 0.456 e. The Hall–Kier alpha value is -8.19. The van der Waals surface area contributed by atoms with Crippen molar-refractivity contribution in [2.75, 3.05) is 0 Å². The van der Waals surface area contributed by atoms with Crippen LogP contribution in [0.4, 0.5) is 0 Å². The standard InChI is InChI=1S/C58H34N4OS/c1-7-23-45-38(17-1)39-18-2-8-24-46(39)58(45,47-25-14-29-51-54(47)44-22-5-11-28-50(44)63-51)56-59-55(60-57(61-56)62-48-26-9-3-19-40(48)41-20-4-10-27-49(41)62)37-16-13-15-35(33-37)36-31-32-43-42-21-6-12-30-52(42)64-53(43)34-36/h1-34H. The monoisotopic (exact) mass is 834 g/mol. The van der Waals surface area contributed by atoms with Gasteiger partial charge < -0.3 is 4.42 Å². The van der Waals surface area contributed by atoms with Gasteiger partial charge in [0, 0.05) is 47.3 Å². The summed E-state index contributed by atoms with van der Waals surface area (Å²) in [5.74, 6) is 1.79. The highest BCUT2D eigenvalue weighted by Crippen LogP contribution is 2.57. The van der Waals surface area contributed by atoms with E-state index in [0.717, 1.165) is 88.3 Å². The molecule has 298 valence electrons. The zero-order valence-electron chi connectivity index (χ0n) is 34.2. The highest BCUT2D eigenvalue weighted by atomic mass is 32.1. The van der Waals surface area contributed by atoms with Crippen LogP contribution in [0.15, 0.2) is 211 Å². The van der Waals surface area contributed by atoms with Crippen molar-refractivity contribution < 1.29 is 4.42 Å². The van der Waals surface area contributed by atoms with Gasteiger partial charge in [-0.15, -0.1) is 11.3 Å². The third-order valence-electron chi connectivity index (χ3n) is 13.3. The summed E-state index contributed by atoms with van der Waals surface area (Å²) < 4.78 is 11.4. The molecule has 4 aromatic heterocycles. The summed E-state index contributed by atoms with van der Waals surface area (Å²) in [6, 6.07) is 73.5. The van der Waals surface area contributed by atoms with Gasteiger partial charge in [-0.05, 0) is 81.4 Å². The number of hydrogen-bond acceptors (Lipinski definition) is 5. The minimum Gasteiger partial charge on any atom is -0.456 e. The molecule has 0 bridgehead atoms. The fourth-order valence-corrected chi connectivity index (χ4v) is 11.8. The Bertz CT molecular complexity index is 3960. The van der Waals surface area contributed by atoms with Crippen LogP contribution in [0, 0.1) is 0 Å². The lowest BCUT2D eigenvalue weighted by atomic mass is 9.70. The van der Waals surface area contributed by atoms with Crippen LogP contribution in [0.5, 0.6) is 0 Å². The van der Waals surface area contributed by atoms with Crippen molar-refractivity contribution in [3.8, 4) is 39.6 Å². The third-order valence-corrected chi connectivity index (χ3v) is 14.5. The number of rotatable bonds is 5. The van der Waals surface area contributed by atoms with Gasteiger partial charge in [0.1, 0.15) is 16.6 Å². The molecule has 0 fully saturated rings. The van der Waals surface area contributed by atoms with Crippen LogP contribution < -0.4 is 0 Å². The molecule has 0 saturated carbocycles. The highest BCUT2D eigenvalue weighted by Gasteiger charge is 2.50. The summed E-state index contributed by atoms with van der Waals surface area (Å²) in [5.41, 5.74) is 11.5. The molecular weight excluding hydrogens is 801 g/mol. The van der Waals surface area contributed by atoms with E-state index in [1.165, 1.54) is 20.2 Å². The molecule has 5 nitrogen and oxygen atoms in total. The molecule has 0 aliphatic heterocycles. The van der Waals surface area contributed by atoms with Crippen molar-refractivity contribution in [2.24, 2.45) is 0 Å². The van der Waals surface area contributed by atoms with E-state index in [0.29, 0.717) is 17.6 Å². The molecule has 1 aliphatic carbocycles. The summed E-state index contributed by atoms with van der Waals surface area (Å²) in [4.78, 5) is 17.0. The van der Waals surface area contributed by atoms with Gasteiger partial charge in [-0.1, -0.05) is 164 Å². The molecule has 9 aromatic carbocycles. The lowest BCUT2D eigenvalue weighted by molar-refractivity contribution is 0.664. The van der Waals surface area contributed by atoms with Crippen LogP contribution in [0.1, 0.15) is 22.5 Å². The number of aromatic nitrogens is 4. The quantitative estimate of drug-likeness (QED) is 0.173. The van der Waals surface area contributed by atoms with E-state index in [-0.39, 0.29) is 0 Å². The molecule has 0 radical (unpaired) electrons. The van der Waals surface area contributed by atoms with Crippen molar-refractivity contribution >= 4 is 75.3 Å². The predicted molar refractivity (Wildman–Crippen MR) is 263 cm³/mol. The molecule has 64 heavy (non-hydrogen) atoms. The van der Waals surface area contributed by atoms with E-state index in [2.05, 4.69) is 205 Å². The van der Waals surface area contributed by atoms with Gasteiger partial charge in [0.05, 0.1) is 11.0 Å². The van der Waals surface area contributed by atoms with Gasteiger partial charge in [0.25, 0.3) is 0 Å². The molecule has 0 atom stereocenters. The Morgan fingerprint density at radius 2 is 0.984 bits per heavy atom. The van der Waals surface area contributed by atoms with Crippen molar-refractivity contribution in [1.82, 2.24) is 19.5 Å². The summed E-state index contributed by atoms with van der Waals surface area (Å²) in [6.07, 6.45) is 0. The zero-order valence-corrected chi connectivity index (χ0v) is 35.1.